The molecule has 2 aromatic carbocycles. The summed E-state index contributed by atoms with van der Waals surface area (Å²) >= 11 is 6.74. The number of halogens is 4. The number of pyridine rings is 2. The number of hydrogen-bond donors (Lipinski definition) is 4. The van der Waals surface area contributed by atoms with Crippen molar-refractivity contribution in [3.8, 4) is 6.07 Å². The number of anilines is 2. The van der Waals surface area contributed by atoms with Crippen molar-refractivity contribution in [3.05, 3.63) is 87.2 Å². The van der Waals surface area contributed by atoms with Crippen LogP contribution in [0, 0.1) is 22.7 Å². The van der Waals surface area contributed by atoms with Gasteiger partial charge in [-0.15, -0.1) is 5.53 Å². The predicted molar refractivity (Wildman–Crippen MR) is 172 cm³/mol. The highest BCUT2D eigenvalue weighted by molar-refractivity contribution is 6.35. The van der Waals surface area contributed by atoms with Gasteiger partial charge in [0.15, 0.2) is 0 Å². The van der Waals surface area contributed by atoms with E-state index in [1.54, 1.807) is 31.4 Å². The maximum Gasteiger partial charge on any atom is 0.395 e. The van der Waals surface area contributed by atoms with E-state index in [1.807, 2.05) is 24.3 Å². The summed E-state index contributed by atoms with van der Waals surface area (Å²) in [6, 6.07) is 12.5. The van der Waals surface area contributed by atoms with Gasteiger partial charge in [-0.25, -0.2) is 0 Å². The molecule has 0 saturated heterocycles. The summed E-state index contributed by atoms with van der Waals surface area (Å²) < 4.78 is 42.7. The van der Waals surface area contributed by atoms with Gasteiger partial charge in [0, 0.05) is 48.6 Å². The molecule has 0 amide bonds. The van der Waals surface area contributed by atoms with E-state index in [0.29, 0.717) is 22.0 Å². The van der Waals surface area contributed by atoms with E-state index in [0.717, 1.165) is 55.7 Å². The third-order valence-electron chi connectivity index (χ3n) is 9.71. The SMILES string of the molecule is Cn1ccc2c([C@H](Nc3cc(Cl)c4ncc(C#N)c(NCC(C)(C)C(F)(F)F)c4c3)C3=CN(C45CC(C4)C5)NN3)cccc2c1=O. The Kier molecular flexibility index (Phi) is 6.92. The van der Waals surface area contributed by atoms with Crippen molar-refractivity contribution in [1.82, 2.24) is 25.5 Å². The van der Waals surface area contributed by atoms with E-state index in [2.05, 4.69) is 37.8 Å². The average Bonchev–Trinajstić information content (AvgIpc) is 3.43. The van der Waals surface area contributed by atoms with E-state index >= 15 is 0 Å². The van der Waals surface area contributed by atoms with Crippen molar-refractivity contribution in [2.75, 3.05) is 17.2 Å². The maximum absolute atomic E-state index is 13.7. The van der Waals surface area contributed by atoms with E-state index in [9.17, 15) is 23.2 Å². The number of benzene rings is 2. The zero-order chi connectivity index (χ0) is 32.6. The van der Waals surface area contributed by atoms with Crippen LogP contribution in [0.15, 0.2) is 65.5 Å². The van der Waals surface area contributed by atoms with Crippen LogP contribution in [0.25, 0.3) is 21.7 Å². The molecule has 0 unspecified atom stereocenters. The lowest BCUT2D eigenvalue weighted by atomic mass is 9.49. The molecular formula is C33H32ClF3N8O. The molecular weight excluding hydrogens is 617 g/mol. The number of aryl methyl sites for hydroxylation is 1. The second-order valence-corrected chi connectivity index (χ2v) is 13.7. The lowest BCUT2D eigenvalue weighted by Gasteiger charge is -2.64. The zero-order valence-electron chi connectivity index (χ0n) is 25.4. The number of nitrogens with one attached hydrogen (secondary N) is 4. The molecule has 3 saturated carbocycles. The first-order chi connectivity index (χ1) is 21.8. The quantitative estimate of drug-likeness (QED) is 0.172. The van der Waals surface area contributed by atoms with Crippen LogP contribution in [0.3, 0.4) is 0 Å². The van der Waals surface area contributed by atoms with Gasteiger partial charge < -0.3 is 20.6 Å². The van der Waals surface area contributed by atoms with Crippen LogP contribution >= 0.6 is 11.6 Å². The zero-order valence-corrected chi connectivity index (χ0v) is 26.1. The smallest absolute Gasteiger partial charge is 0.382 e. The highest BCUT2D eigenvalue weighted by Crippen LogP contribution is 2.60. The summed E-state index contributed by atoms with van der Waals surface area (Å²) in [6.07, 6.45) is 4.02. The van der Waals surface area contributed by atoms with Crippen LogP contribution in [0.1, 0.15) is 50.3 Å². The lowest BCUT2D eigenvalue weighted by molar-refractivity contribution is -0.206. The molecule has 4 aliphatic rings. The molecule has 3 heterocycles. The molecule has 1 aliphatic heterocycles. The fourth-order valence-corrected chi connectivity index (χ4v) is 6.90. The first-order valence-electron chi connectivity index (χ1n) is 15.0. The normalized spacial score (nSPS) is 21.2. The van der Waals surface area contributed by atoms with Crippen LogP contribution in [-0.2, 0) is 7.05 Å². The summed E-state index contributed by atoms with van der Waals surface area (Å²) in [5.41, 5.74) is 7.40. The van der Waals surface area contributed by atoms with Crippen LogP contribution < -0.4 is 27.2 Å². The Morgan fingerprint density at radius 3 is 2.61 bits per heavy atom. The Bertz CT molecular complexity index is 2020. The van der Waals surface area contributed by atoms with Crippen LogP contribution in [0.5, 0.6) is 0 Å². The van der Waals surface area contributed by atoms with Gasteiger partial charge >= 0.3 is 6.18 Å². The summed E-state index contributed by atoms with van der Waals surface area (Å²) in [4.78, 5) is 17.4. The van der Waals surface area contributed by atoms with Crippen molar-refractivity contribution >= 4 is 44.7 Å². The van der Waals surface area contributed by atoms with Crippen molar-refractivity contribution in [2.24, 2.45) is 18.4 Å². The molecule has 13 heteroatoms. The highest BCUT2D eigenvalue weighted by Gasteiger charge is 2.60. The van der Waals surface area contributed by atoms with Gasteiger partial charge in [0.1, 0.15) is 6.07 Å². The largest absolute Gasteiger partial charge is 0.395 e. The van der Waals surface area contributed by atoms with Crippen molar-refractivity contribution < 1.29 is 13.2 Å². The third-order valence-corrected chi connectivity index (χ3v) is 10.0. The van der Waals surface area contributed by atoms with Crippen LogP contribution in [-0.4, -0.2) is 32.8 Å². The Hall–Kier alpha value is -4.47. The molecule has 8 rings (SSSR count). The van der Waals surface area contributed by atoms with Gasteiger partial charge in [-0.3, -0.25) is 14.8 Å². The van der Waals surface area contributed by atoms with E-state index in [-0.39, 0.29) is 27.4 Å². The first kappa shape index (κ1) is 30.2. The highest BCUT2D eigenvalue weighted by atomic mass is 35.5. The molecule has 1 atom stereocenters. The van der Waals surface area contributed by atoms with Gasteiger partial charge in [-0.1, -0.05) is 23.7 Å². The third kappa shape index (κ3) is 4.80. The fraction of sp³-hybridized carbons (Fsp3) is 0.364. The minimum Gasteiger partial charge on any atom is -0.382 e. The van der Waals surface area contributed by atoms with Gasteiger partial charge in [-0.2, -0.15) is 18.4 Å². The molecule has 4 N–H and O–H groups in total. The molecule has 238 valence electrons. The molecule has 2 aromatic heterocycles. The number of hydrazine groups is 2. The van der Waals surface area contributed by atoms with Crippen LogP contribution in [0.4, 0.5) is 24.5 Å². The number of alkyl halides is 3. The Morgan fingerprint density at radius 1 is 1.17 bits per heavy atom. The van der Waals surface area contributed by atoms with E-state index in [4.69, 9.17) is 11.6 Å². The summed E-state index contributed by atoms with van der Waals surface area (Å²) in [6.45, 7) is 1.74. The summed E-state index contributed by atoms with van der Waals surface area (Å²) in [5, 5.41) is 20.4. The number of aromatic nitrogens is 2. The molecule has 3 aliphatic carbocycles. The molecule has 46 heavy (non-hydrogen) atoms. The monoisotopic (exact) mass is 648 g/mol. The summed E-state index contributed by atoms with van der Waals surface area (Å²) in [7, 11) is 1.71. The van der Waals surface area contributed by atoms with E-state index < -0.39 is 24.2 Å². The van der Waals surface area contributed by atoms with Gasteiger partial charge in [0.25, 0.3) is 5.56 Å². The second kappa shape index (κ2) is 10.5. The molecule has 0 radical (unpaired) electrons. The average molecular weight is 649 g/mol. The standard InChI is InChI=1S/C33H32ClF3N8O/c1-31(2,33(35,36)37)17-40-27-19(14-38)15-39-28-24(27)9-20(10-25(28)34)41-29(26-16-45(43-42-26)32-11-18(12-32)13-32)22-5-4-6-23-21(22)7-8-44(3)30(23)46/h4-10,15-16,18,29,41-43H,11-13,17H2,1-3H3,(H,39,40)/t18?,29-,32?/m0/s1. The van der Waals surface area contributed by atoms with E-state index in [1.165, 1.54) is 10.8 Å². The van der Waals surface area contributed by atoms with Crippen molar-refractivity contribution in [3.63, 3.8) is 0 Å². The van der Waals surface area contributed by atoms with Crippen molar-refractivity contribution in [2.45, 2.75) is 50.9 Å². The second-order valence-electron chi connectivity index (χ2n) is 13.3. The van der Waals surface area contributed by atoms with Gasteiger partial charge in [0.2, 0.25) is 0 Å². The minimum absolute atomic E-state index is 0.0923. The minimum atomic E-state index is -4.46. The number of nitrogens with zero attached hydrogens (tertiary/aromatic N) is 4. The first-order valence-corrected chi connectivity index (χ1v) is 15.4. The fourth-order valence-electron chi connectivity index (χ4n) is 6.63. The molecule has 3 fully saturated rings. The number of fused-ring (bicyclic) bond motifs is 2. The summed E-state index contributed by atoms with van der Waals surface area (Å²) in [5.74, 6) is 0.776. The van der Waals surface area contributed by atoms with Crippen molar-refractivity contribution in [1.29, 1.82) is 5.26 Å². The lowest BCUT2D eigenvalue weighted by Crippen LogP contribution is -2.69. The van der Waals surface area contributed by atoms with Crippen LogP contribution in [0.2, 0.25) is 5.02 Å². The van der Waals surface area contributed by atoms with Gasteiger partial charge in [-0.05, 0) is 74.2 Å². The molecule has 2 bridgehead atoms. The Morgan fingerprint density at radius 2 is 1.93 bits per heavy atom. The number of nitriles is 1. The topological polar surface area (TPSA) is 110 Å². The Labute approximate surface area is 268 Å². The predicted octanol–water partition coefficient (Wildman–Crippen LogP) is 6.48. The number of hydrogen-bond acceptors (Lipinski definition) is 8. The van der Waals surface area contributed by atoms with Gasteiger partial charge in [0.05, 0.1) is 44.5 Å². The molecule has 0 spiro atoms. The molecule has 4 aromatic rings. The Balaban J connectivity index is 1.33. The number of rotatable bonds is 8. The maximum atomic E-state index is 13.7. The molecule has 9 nitrogen and oxygen atoms in total.